The smallest absolute Gasteiger partial charge is 0.241 e. The average Bonchev–Trinajstić information content (AvgIpc) is 3.09. The predicted octanol–water partition coefficient (Wildman–Crippen LogP) is 2.63. The minimum atomic E-state index is -3.82. The van der Waals surface area contributed by atoms with E-state index in [4.69, 9.17) is 4.74 Å². The number of benzene rings is 1. The number of sulfonamides is 1. The average molecular weight is 383 g/mol. The topological polar surface area (TPSA) is 75.7 Å². The summed E-state index contributed by atoms with van der Waals surface area (Å²) in [7, 11) is -3.82. The maximum Gasteiger partial charge on any atom is 0.241 e. The molecule has 1 aromatic carbocycles. The Morgan fingerprint density at radius 2 is 1.81 bits per heavy atom. The summed E-state index contributed by atoms with van der Waals surface area (Å²) in [5.41, 5.74) is 1.35. The molecule has 0 saturated carbocycles. The molecule has 2 rings (SSSR count). The Bertz CT molecular complexity index is 753. The van der Waals surface area contributed by atoms with Crippen LogP contribution in [-0.2, 0) is 14.8 Å². The van der Waals surface area contributed by atoms with Crippen molar-refractivity contribution in [1.29, 1.82) is 0 Å². The van der Waals surface area contributed by atoms with Crippen LogP contribution in [0.25, 0.3) is 0 Å². The SMILES string of the molecule is CCOc1cc(C)c(S(=O)(=O)N[C@H](C(=O)N2CCCC2)C(C)C)cc1C. The van der Waals surface area contributed by atoms with Crippen LogP contribution in [0.3, 0.4) is 0 Å². The fraction of sp³-hybridized carbons (Fsp3) is 0.632. The second kappa shape index (κ2) is 8.39. The minimum Gasteiger partial charge on any atom is -0.494 e. The number of rotatable bonds is 7. The number of nitrogens with one attached hydrogen (secondary N) is 1. The van der Waals surface area contributed by atoms with Crippen molar-refractivity contribution in [3.05, 3.63) is 23.3 Å². The van der Waals surface area contributed by atoms with Crippen LogP contribution in [0.5, 0.6) is 5.75 Å². The van der Waals surface area contributed by atoms with Crippen molar-refractivity contribution in [3.63, 3.8) is 0 Å². The van der Waals surface area contributed by atoms with Crippen molar-refractivity contribution in [2.75, 3.05) is 19.7 Å². The van der Waals surface area contributed by atoms with Gasteiger partial charge in [0, 0.05) is 13.1 Å². The van der Waals surface area contributed by atoms with E-state index in [2.05, 4.69) is 4.72 Å². The van der Waals surface area contributed by atoms with Gasteiger partial charge in [-0.25, -0.2) is 8.42 Å². The van der Waals surface area contributed by atoms with Gasteiger partial charge in [0.1, 0.15) is 11.8 Å². The number of likely N-dealkylation sites (tertiary alicyclic amines) is 1. The van der Waals surface area contributed by atoms with Crippen LogP contribution in [0.4, 0.5) is 0 Å². The molecule has 1 aliphatic rings. The van der Waals surface area contributed by atoms with Gasteiger partial charge in [0.05, 0.1) is 11.5 Å². The molecule has 146 valence electrons. The highest BCUT2D eigenvalue weighted by Gasteiger charge is 2.33. The summed E-state index contributed by atoms with van der Waals surface area (Å²) in [6.45, 7) is 11.1. The Morgan fingerprint density at radius 1 is 1.19 bits per heavy atom. The van der Waals surface area contributed by atoms with Crippen LogP contribution >= 0.6 is 0 Å². The third kappa shape index (κ3) is 4.57. The number of nitrogens with zero attached hydrogens (tertiary/aromatic N) is 1. The molecule has 1 saturated heterocycles. The number of carbonyl (C=O) groups is 1. The molecule has 7 heteroatoms. The van der Waals surface area contributed by atoms with Gasteiger partial charge in [-0.05, 0) is 62.8 Å². The van der Waals surface area contributed by atoms with Gasteiger partial charge in [0.15, 0.2) is 0 Å². The monoisotopic (exact) mass is 382 g/mol. The van der Waals surface area contributed by atoms with Gasteiger partial charge in [-0.15, -0.1) is 0 Å². The van der Waals surface area contributed by atoms with Crippen molar-refractivity contribution >= 4 is 15.9 Å². The highest BCUT2D eigenvalue weighted by Crippen LogP contribution is 2.26. The van der Waals surface area contributed by atoms with E-state index >= 15 is 0 Å². The number of carbonyl (C=O) groups excluding carboxylic acids is 1. The molecule has 1 heterocycles. The van der Waals surface area contributed by atoms with Gasteiger partial charge in [-0.3, -0.25) is 4.79 Å². The molecule has 1 N–H and O–H groups in total. The van der Waals surface area contributed by atoms with Crippen LogP contribution in [0.2, 0.25) is 0 Å². The molecule has 0 radical (unpaired) electrons. The Labute approximate surface area is 157 Å². The van der Waals surface area contributed by atoms with Gasteiger partial charge in [0.25, 0.3) is 0 Å². The second-order valence-electron chi connectivity index (χ2n) is 7.19. The molecular weight excluding hydrogens is 352 g/mol. The molecule has 1 amide bonds. The quantitative estimate of drug-likeness (QED) is 0.787. The number of ether oxygens (including phenoxy) is 1. The van der Waals surface area contributed by atoms with Crippen molar-refractivity contribution in [2.45, 2.75) is 58.4 Å². The molecule has 0 bridgehead atoms. The van der Waals surface area contributed by atoms with E-state index in [9.17, 15) is 13.2 Å². The molecule has 1 aliphatic heterocycles. The summed E-state index contributed by atoms with van der Waals surface area (Å²) in [6.07, 6.45) is 1.95. The Kier molecular flexibility index (Phi) is 6.69. The first-order valence-electron chi connectivity index (χ1n) is 9.22. The second-order valence-corrected chi connectivity index (χ2v) is 8.87. The number of hydrogen-bond donors (Lipinski definition) is 1. The van der Waals surface area contributed by atoms with Gasteiger partial charge < -0.3 is 9.64 Å². The van der Waals surface area contributed by atoms with E-state index in [0.717, 1.165) is 18.4 Å². The van der Waals surface area contributed by atoms with Crippen LogP contribution in [-0.4, -0.2) is 45.0 Å². The molecule has 0 spiro atoms. The molecule has 0 unspecified atom stereocenters. The lowest BCUT2D eigenvalue weighted by atomic mass is 10.0. The minimum absolute atomic E-state index is 0.137. The summed E-state index contributed by atoms with van der Waals surface area (Å²) in [5, 5.41) is 0. The van der Waals surface area contributed by atoms with Crippen molar-refractivity contribution in [2.24, 2.45) is 5.92 Å². The predicted molar refractivity (Wildman–Crippen MR) is 102 cm³/mol. The van der Waals surface area contributed by atoms with Crippen LogP contribution in [0, 0.1) is 19.8 Å². The van der Waals surface area contributed by atoms with Crippen LogP contribution in [0.1, 0.15) is 44.7 Å². The Hall–Kier alpha value is -1.60. The van der Waals surface area contributed by atoms with E-state index in [0.29, 0.717) is 31.0 Å². The first-order valence-corrected chi connectivity index (χ1v) is 10.7. The number of aryl methyl sites for hydroxylation is 2. The molecule has 0 aliphatic carbocycles. The maximum absolute atomic E-state index is 13.0. The zero-order valence-corrected chi connectivity index (χ0v) is 17.1. The lowest BCUT2D eigenvalue weighted by Gasteiger charge is -2.27. The molecule has 1 aromatic rings. The Balaban J connectivity index is 2.30. The normalized spacial score (nSPS) is 16.2. The van der Waals surface area contributed by atoms with Crippen molar-refractivity contribution < 1.29 is 17.9 Å². The molecule has 6 nitrogen and oxygen atoms in total. The van der Waals surface area contributed by atoms with Gasteiger partial charge in [-0.2, -0.15) is 4.72 Å². The highest BCUT2D eigenvalue weighted by molar-refractivity contribution is 7.89. The molecule has 1 atom stereocenters. The number of hydrogen-bond acceptors (Lipinski definition) is 4. The first kappa shape index (κ1) is 20.7. The zero-order chi connectivity index (χ0) is 19.5. The van der Waals surface area contributed by atoms with Gasteiger partial charge in [-0.1, -0.05) is 13.8 Å². The van der Waals surface area contributed by atoms with Crippen molar-refractivity contribution in [3.8, 4) is 5.75 Å². The molecule has 0 aromatic heterocycles. The van der Waals surface area contributed by atoms with E-state index in [1.165, 1.54) is 0 Å². The van der Waals surface area contributed by atoms with E-state index in [1.54, 1.807) is 24.0 Å². The van der Waals surface area contributed by atoms with Gasteiger partial charge >= 0.3 is 0 Å². The number of amides is 1. The summed E-state index contributed by atoms with van der Waals surface area (Å²) < 4.78 is 34.2. The lowest BCUT2D eigenvalue weighted by molar-refractivity contribution is -0.132. The molecule has 26 heavy (non-hydrogen) atoms. The fourth-order valence-corrected chi connectivity index (χ4v) is 4.85. The van der Waals surface area contributed by atoms with Crippen LogP contribution in [0.15, 0.2) is 17.0 Å². The summed E-state index contributed by atoms with van der Waals surface area (Å²) in [4.78, 5) is 14.7. The van der Waals surface area contributed by atoms with E-state index in [-0.39, 0.29) is 16.7 Å². The summed E-state index contributed by atoms with van der Waals surface area (Å²) >= 11 is 0. The van der Waals surface area contributed by atoms with Crippen LogP contribution < -0.4 is 9.46 Å². The maximum atomic E-state index is 13.0. The summed E-state index contributed by atoms with van der Waals surface area (Å²) in [6, 6.07) is 2.59. The van der Waals surface area contributed by atoms with Crippen molar-refractivity contribution in [1.82, 2.24) is 9.62 Å². The highest BCUT2D eigenvalue weighted by atomic mass is 32.2. The van der Waals surface area contributed by atoms with E-state index in [1.807, 2.05) is 27.7 Å². The summed E-state index contributed by atoms with van der Waals surface area (Å²) in [5.74, 6) is 0.404. The Morgan fingerprint density at radius 3 is 2.35 bits per heavy atom. The standard InChI is InChI=1S/C19H30N2O4S/c1-6-25-16-11-15(5)17(12-14(16)4)26(23,24)20-18(13(2)3)19(22)21-9-7-8-10-21/h11-13,18,20H,6-10H2,1-5H3/t18-/m0/s1. The lowest BCUT2D eigenvalue weighted by Crippen LogP contribution is -2.50. The largest absolute Gasteiger partial charge is 0.494 e. The third-order valence-corrected chi connectivity index (χ3v) is 6.28. The van der Waals surface area contributed by atoms with Gasteiger partial charge in [0.2, 0.25) is 15.9 Å². The molecular formula is C19H30N2O4S. The third-order valence-electron chi connectivity index (χ3n) is 4.69. The van der Waals surface area contributed by atoms with E-state index < -0.39 is 16.1 Å². The first-order chi connectivity index (χ1) is 12.2. The fourth-order valence-electron chi connectivity index (χ4n) is 3.20. The zero-order valence-electron chi connectivity index (χ0n) is 16.3. The molecule has 1 fully saturated rings.